The molecule has 6 heteroatoms. The summed E-state index contributed by atoms with van der Waals surface area (Å²) < 4.78 is 5.21. The molecule has 6 nitrogen and oxygen atoms in total. The van der Waals surface area contributed by atoms with Crippen molar-refractivity contribution in [1.82, 2.24) is 15.6 Å². The van der Waals surface area contributed by atoms with Gasteiger partial charge in [-0.2, -0.15) is 0 Å². The van der Waals surface area contributed by atoms with E-state index in [-0.39, 0.29) is 12.6 Å². The van der Waals surface area contributed by atoms with E-state index in [1.807, 2.05) is 36.4 Å². The summed E-state index contributed by atoms with van der Waals surface area (Å²) in [5.74, 6) is -0.474. The minimum Gasteiger partial charge on any atom is -0.463 e. The monoisotopic (exact) mass is 323 g/mol. The number of carbonyl (C=O) groups is 2. The van der Waals surface area contributed by atoms with Crippen LogP contribution >= 0.6 is 0 Å². The van der Waals surface area contributed by atoms with Crippen molar-refractivity contribution < 1.29 is 14.3 Å². The molecule has 1 aromatic heterocycles. The van der Waals surface area contributed by atoms with Gasteiger partial charge in [-0.25, -0.2) is 9.59 Å². The molecule has 1 aliphatic heterocycles. The molecule has 0 saturated carbocycles. The van der Waals surface area contributed by atoms with Crippen molar-refractivity contribution in [3.05, 3.63) is 71.6 Å². The maximum absolute atomic E-state index is 12.6. The van der Waals surface area contributed by atoms with Gasteiger partial charge in [0.15, 0.2) is 0 Å². The summed E-state index contributed by atoms with van der Waals surface area (Å²) in [6, 6.07) is 11.8. The number of carbonyl (C=O) groups excluding carboxylic acids is 2. The SMILES string of the molecule is CCOC(=O)C1=C(c2ccccc2)NC(=O)NC1c1cccnc1. The highest BCUT2D eigenvalue weighted by Crippen LogP contribution is 2.31. The number of amides is 2. The molecule has 0 aliphatic carbocycles. The van der Waals surface area contributed by atoms with Crippen LogP contribution in [0.5, 0.6) is 0 Å². The van der Waals surface area contributed by atoms with E-state index in [1.54, 1.807) is 25.4 Å². The Morgan fingerprint density at radius 3 is 2.67 bits per heavy atom. The summed E-state index contributed by atoms with van der Waals surface area (Å²) in [5, 5.41) is 5.50. The van der Waals surface area contributed by atoms with Crippen LogP contribution in [0.3, 0.4) is 0 Å². The molecule has 3 rings (SSSR count). The Morgan fingerprint density at radius 2 is 2.00 bits per heavy atom. The smallest absolute Gasteiger partial charge is 0.338 e. The molecule has 0 saturated heterocycles. The fourth-order valence-electron chi connectivity index (χ4n) is 2.62. The molecular formula is C18H17N3O3. The Hall–Kier alpha value is -3.15. The highest BCUT2D eigenvalue weighted by molar-refractivity contribution is 6.04. The summed E-state index contributed by atoms with van der Waals surface area (Å²) in [5.41, 5.74) is 2.26. The van der Waals surface area contributed by atoms with E-state index in [9.17, 15) is 9.59 Å². The molecule has 2 N–H and O–H groups in total. The van der Waals surface area contributed by atoms with Crippen molar-refractivity contribution in [3.8, 4) is 0 Å². The first-order chi connectivity index (χ1) is 11.7. The number of hydrogen-bond donors (Lipinski definition) is 2. The first-order valence-electron chi connectivity index (χ1n) is 7.65. The molecule has 0 bridgehead atoms. The summed E-state index contributed by atoms with van der Waals surface area (Å²) >= 11 is 0. The molecule has 0 fully saturated rings. The fourth-order valence-corrected chi connectivity index (χ4v) is 2.62. The molecule has 2 heterocycles. The lowest BCUT2D eigenvalue weighted by molar-refractivity contribution is -0.138. The van der Waals surface area contributed by atoms with Crippen LogP contribution in [0, 0.1) is 0 Å². The van der Waals surface area contributed by atoms with Gasteiger partial charge in [0.05, 0.1) is 23.9 Å². The molecule has 1 aromatic carbocycles. The summed E-state index contributed by atoms with van der Waals surface area (Å²) in [6.45, 7) is 1.99. The lowest BCUT2D eigenvalue weighted by atomic mass is 9.93. The van der Waals surface area contributed by atoms with Gasteiger partial charge >= 0.3 is 12.0 Å². The number of ether oxygens (including phenoxy) is 1. The lowest BCUT2D eigenvalue weighted by Crippen LogP contribution is -2.45. The van der Waals surface area contributed by atoms with Gasteiger partial charge in [-0.15, -0.1) is 0 Å². The Morgan fingerprint density at radius 1 is 1.21 bits per heavy atom. The number of rotatable bonds is 4. The first kappa shape index (κ1) is 15.7. The molecule has 1 atom stereocenters. The summed E-state index contributed by atoms with van der Waals surface area (Å²) in [7, 11) is 0. The van der Waals surface area contributed by atoms with Crippen LogP contribution in [0.1, 0.15) is 24.1 Å². The number of pyridine rings is 1. The summed E-state index contributed by atoms with van der Waals surface area (Å²) in [4.78, 5) is 28.8. The zero-order valence-electron chi connectivity index (χ0n) is 13.2. The Balaban J connectivity index is 2.16. The van der Waals surface area contributed by atoms with Crippen LogP contribution in [-0.2, 0) is 9.53 Å². The van der Waals surface area contributed by atoms with Crippen molar-refractivity contribution in [2.75, 3.05) is 6.61 Å². The molecule has 2 amide bonds. The molecule has 1 unspecified atom stereocenters. The Bertz CT molecular complexity index is 773. The number of urea groups is 1. The highest BCUT2D eigenvalue weighted by atomic mass is 16.5. The predicted molar refractivity (Wildman–Crippen MR) is 88.6 cm³/mol. The number of hydrogen-bond acceptors (Lipinski definition) is 4. The van der Waals surface area contributed by atoms with Gasteiger partial charge in [0.2, 0.25) is 0 Å². The van der Waals surface area contributed by atoms with E-state index >= 15 is 0 Å². The first-order valence-corrected chi connectivity index (χ1v) is 7.65. The van der Waals surface area contributed by atoms with Crippen molar-refractivity contribution in [2.45, 2.75) is 13.0 Å². The van der Waals surface area contributed by atoms with E-state index in [1.165, 1.54) is 0 Å². The zero-order valence-corrected chi connectivity index (χ0v) is 13.2. The molecule has 2 aromatic rings. The molecule has 0 radical (unpaired) electrons. The normalized spacial score (nSPS) is 17.0. The number of esters is 1. The van der Waals surface area contributed by atoms with Gasteiger partial charge in [0.25, 0.3) is 0 Å². The van der Waals surface area contributed by atoms with Gasteiger partial charge in [-0.3, -0.25) is 4.98 Å². The zero-order chi connectivity index (χ0) is 16.9. The van der Waals surface area contributed by atoms with Crippen LogP contribution in [0.15, 0.2) is 60.4 Å². The average molecular weight is 323 g/mol. The maximum Gasteiger partial charge on any atom is 0.338 e. The molecule has 122 valence electrons. The second kappa shape index (κ2) is 6.95. The average Bonchev–Trinajstić information content (AvgIpc) is 2.62. The number of benzene rings is 1. The van der Waals surface area contributed by atoms with Crippen molar-refractivity contribution in [3.63, 3.8) is 0 Å². The number of nitrogens with one attached hydrogen (secondary N) is 2. The van der Waals surface area contributed by atoms with E-state index in [4.69, 9.17) is 4.74 Å². The number of aromatic nitrogens is 1. The Labute approximate surface area is 139 Å². The van der Waals surface area contributed by atoms with E-state index in [0.29, 0.717) is 16.8 Å². The van der Waals surface area contributed by atoms with Gasteiger partial charge in [0.1, 0.15) is 0 Å². The molecule has 24 heavy (non-hydrogen) atoms. The highest BCUT2D eigenvalue weighted by Gasteiger charge is 2.34. The van der Waals surface area contributed by atoms with Crippen LogP contribution in [0.25, 0.3) is 5.70 Å². The van der Waals surface area contributed by atoms with E-state index < -0.39 is 12.0 Å². The topological polar surface area (TPSA) is 80.3 Å². The second-order valence-corrected chi connectivity index (χ2v) is 5.19. The van der Waals surface area contributed by atoms with Crippen LogP contribution in [0.2, 0.25) is 0 Å². The van der Waals surface area contributed by atoms with Crippen LogP contribution in [0.4, 0.5) is 4.79 Å². The minimum absolute atomic E-state index is 0.248. The largest absolute Gasteiger partial charge is 0.463 e. The van der Waals surface area contributed by atoms with Crippen molar-refractivity contribution >= 4 is 17.7 Å². The molecular weight excluding hydrogens is 306 g/mol. The Kier molecular flexibility index (Phi) is 4.56. The van der Waals surface area contributed by atoms with Crippen molar-refractivity contribution in [2.24, 2.45) is 0 Å². The van der Waals surface area contributed by atoms with E-state index in [2.05, 4.69) is 15.6 Å². The van der Waals surface area contributed by atoms with Gasteiger partial charge in [-0.05, 0) is 24.1 Å². The van der Waals surface area contributed by atoms with Crippen LogP contribution in [-0.4, -0.2) is 23.6 Å². The fraction of sp³-hybridized carbons (Fsp3) is 0.167. The van der Waals surface area contributed by atoms with E-state index in [0.717, 1.165) is 5.56 Å². The molecule has 0 spiro atoms. The van der Waals surface area contributed by atoms with Gasteiger partial charge in [0, 0.05) is 12.4 Å². The third-order valence-electron chi connectivity index (χ3n) is 3.65. The van der Waals surface area contributed by atoms with Crippen molar-refractivity contribution in [1.29, 1.82) is 0 Å². The standard InChI is InChI=1S/C18H17N3O3/c1-2-24-17(22)14-15(12-7-4-3-5-8-12)20-18(23)21-16(14)13-9-6-10-19-11-13/h3-11,16H,2H2,1H3,(H2,20,21,23). The van der Waals surface area contributed by atoms with Crippen LogP contribution < -0.4 is 10.6 Å². The van der Waals surface area contributed by atoms with Gasteiger partial charge in [-0.1, -0.05) is 36.4 Å². The predicted octanol–water partition coefficient (Wildman–Crippen LogP) is 2.41. The second-order valence-electron chi connectivity index (χ2n) is 5.19. The maximum atomic E-state index is 12.6. The third-order valence-corrected chi connectivity index (χ3v) is 3.65. The minimum atomic E-state index is -0.623. The lowest BCUT2D eigenvalue weighted by Gasteiger charge is -2.29. The summed E-state index contributed by atoms with van der Waals surface area (Å²) in [6.07, 6.45) is 3.26. The third kappa shape index (κ3) is 3.12. The quantitative estimate of drug-likeness (QED) is 0.847. The number of nitrogens with zero attached hydrogens (tertiary/aromatic N) is 1. The molecule has 1 aliphatic rings. The van der Waals surface area contributed by atoms with Gasteiger partial charge < -0.3 is 15.4 Å².